The summed E-state index contributed by atoms with van der Waals surface area (Å²) < 4.78 is 27.5. The lowest BCUT2D eigenvalue weighted by Crippen LogP contribution is -2.43. The fourth-order valence-electron chi connectivity index (χ4n) is 4.41. The highest BCUT2D eigenvalue weighted by atomic mass is 32.2. The van der Waals surface area contributed by atoms with Crippen LogP contribution >= 0.6 is 0 Å². The maximum Gasteiger partial charge on any atom is 0.270 e. The van der Waals surface area contributed by atoms with E-state index in [9.17, 15) is 28.1 Å². The molecule has 0 spiro atoms. The number of nitro benzene ring substituents is 1. The van der Waals surface area contributed by atoms with E-state index in [4.69, 9.17) is 0 Å². The molecular formula is C23H26N4O6S. The van der Waals surface area contributed by atoms with E-state index in [1.165, 1.54) is 16.4 Å². The van der Waals surface area contributed by atoms with Crippen LogP contribution in [0.5, 0.6) is 0 Å². The van der Waals surface area contributed by atoms with Crippen molar-refractivity contribution in [3.63, 3.8) is 0 Å². The molecule has 1 unspecified atom stereocenters. The van der Waals surface area contributed by atoms with Crippen molar-refractivity contribution < 1.29 is 22.9 Å². The van der Waals surface area contributed by atoms with Crippen molar-refractivity contribution in [3.8, 4) is 0 Å². The predicted octanol–water partition coefficient (Wildman–Crippen LogP) is 2.68. The van der Waals surface area contributed by atoms with Crippen LogP contribution in [-0.4, -0.2) is 42.6 Å². The van der Waals surface area contributed by atoms with E-state index < -0.39 is 14.9 Å². The van der Waals surface area contributed by atoms with Gasteiger partial charge in [-0.3, -0.25) is 19.7 Å². The largest absolute Gasteiger partial charge is 0.349 e. The van der Waals surface area contributed by atoms with Gasteiger partial charge < -0.3 is 10.6 Å². The maximum atomic E-state index is 13.1. The van der Waals surface area contributed by atoms with Gasteiger partial charge in [-0.25, -0.2) is 8.42 Å². The molecule has 0 radical (unpaired) electrons. The number of hydrogen-bond donors (Lipinski definition) is 2. The van der Waals surface area contributed by atoms with Crippen LogP contribution < -0.4 is 10.6 Å². The van der Waals surface area contributed by atoms with Crippen LogP contribution in [0.4, 0.5) is 11.4 Å². The number of anilines is 1. The smallest absolute Gasteiger partial charge is 0.270 e. The first-order chi connectivity index (χ1) is 16.1. The highest BCUT2D eigenvalue weighted by Crippen LogP contribution is 2.30. The highest BCUT2D eigenvalue weighted by Gasteiger charge is 2.34. The summed E-state index contributed by atoms with van der Waals surface area (Å²) in [7, 11) is -3.91. The Kier molecular flexibility index (Phi) is 6.41. The summed E-state index contributed by atoms with van der Waals surface area (Å²) in [6.45, 7) is 3.78. The molecule has 0 saturated carbocycles. The minimum absolute atomic E-state index is 0.0501. The van der Waals surface area contributed by atoms with Crippen LogP contribution in [0.25, 0.3) is 0 Å². The van der Waals surface area contributed by atoms with Crippen molar-refractivity contribution in [2.75, 3.05) is 18.4 Å². The maximum absolute atomic E-state index is 13.1. The number of amides is 2. The van der Waals surface area contributed by atoms with Gasteiger partial charge in [0.05, 0.1) is 22.3 Å². The number of carbonyl (C=O) groups is 2. The Morgan fingerprint density at radius 2 is 1.91 bits per heavy atom. The summed E-state index contributed by atoms with van der Waals surface area (Å²) in [5.74, 6) is -0.533. The average Bonchev–Trinajstić information content (AvgIpc) is 3.18. The standard InChI is InChI=1S/C23H26N4O6S/c1-14-3-5-19(27(30)31)13-21(14)34(32,33)26-9-7-16(8-10-26)23(29)24-15(2)17-4-6-20-18(11-17)12-22(28)25-20/h3-6,11,13,15-16H,7-10,12H2,1-2H3,(H,24,29)(H,25,28). The molecule has 34 heavy (non-hydrogen) atoms. The van der Waals surface area contributed by atoms with Crippen molar-refractivity contribution in [1.29, 1.82) is 0 Å². The molecule has 10 nitrogen and oxygen atoms in total. The van der Waals surface area contributed by atoms with Gasteiger partial charge in [0.25, 0.3) is 5.69 Å². The monoisotopic (exact) mass is 486 g/mol. The Bertz CT molecular complexity index is 1270. The van der Waals surface area contributed by atoms with Crippen molar-refractivity contribution in [2.45, 2.75) is 44.0 Å². The second-order valence-corrected chi connectivity index (χ2v) is 10.7. The lowest BCUT2D eigenvalue weighted by molar-refractivity contribution is -0.385. The lowest BCUT2D eigenvalue weighted by Gasteiger charge is -2.31. The molecule has 1 fully saturated rings. The number of non-ortho nitro benzene ring substituents is 1. The quantitative estimate of drug-likeness (QED) is 0.475. The van der Waals surface area contributed by atoms with Gasteiger partial charge in [-0.2, -0.15) is 4.31 Å². The number of carbonyl (C=O) groups excluding carboxylic acids is 2. The van der Waals surface area contributed by atoms with Gasteiger partial charge >= 0.3 is 0 Å². The van der Waals surface area contributed by atoms with Crippen LogP contribution in [-0.2, 0) is 26.0 Å². The minimum Gasteiger partial charge on any atom is -0.349 e. The third-order valence-corrected chi connectivity index (χ3v) is 8.48. The molecule has 180 valence electrons. The SMILES string of the molecule is Cc1ccc([N+](=O)[O-])cc1S(=O)(=O)N1CCC(C(=O)NC(C)c2ccc3c(c2)CC(=O)N3)CC1. The molecule has 2 aromatic carbocycles. The number of piperidine rings is 1. The van der Waals surface area contributed by atoms with Crippen molar-refractivity contribution in [2.24, 2.45) is 5.92 Å². The fourth-order valence-corrected chi connectivity index (χ4v) is 6.13. The van der Waals surface area contributed by atoms with Gasteiger partial charge in [0.2, 0.25) is 21.8 Å². The van der Waals surface area contributed by atoms with Crippen LogP contribution in [0.15, 0.2) is 41.3 Å². The highest BCUT2D eigenvalue weighted by molar-refractivity contribution is 7.89. The van der Waals surface area contributed by atoms with E-state index in [2.05, 4.69) is 10.6 Å². The van der Waals surface area contributed by atoms with E-state index in [1.807, 2.05) is 25.1 Å². The Labute approximate surface area is 197 Å². The molecule has 2 N–H and O–H groups in total. The van der Waals surface area contributed by atoms with Crippen LogP contribution in [0, 0.1) is 23.0 Å². The number of nitrogens with zero attached hydrogens (tertiary/aromatic N) is 2. The summed E-state index contributed by atoms with van der Waals surface area (Å²) in [4.78, 5) is 34.8. The Hall–Kier alpha value is -3.31. The predicted molar refractivity (Wildman–Crippen MR) is 125 cm³/mol. The van der Waals surface area contributed by atoms with Crippen molar-refractivity contribution in [1.82, 2.24) is 9.62 Å². The second kappa shape index (κ2) is 9.15. The molecule has 2 aliphatic rings. The molecule has 4 rings (SSSR count). The summed E-state index contributed by atoms with van der Waals surface area (Å²) >= 11 is 0. The normalized spacial score (nSPS) is 17.6. The number of nitro groups is 1. The molecule has 1 saturated heterocycles. The molecule has 2 aliphatic heterocycles. The molecule has 0 aromatic heterocycles. The van der Waals surface area contributed by atoms with Gasteiger partial charge in [0.1, 0.15) is 0 Å². The summed E-state index contributed by atoms with van der Waals surface area (Å²) in [6.07, 6.45) is 1.03. The third kappa shape index (κ3) is 4.66. The molecule has 1 atom stereocenters. The van der Waals surface area contributed by atoms with Gasteiger partial charge in [0, 0.05) is 36.8 Å². The summed E-state index contributed by atoms with van der Waals surface area (Å²) in [5.41, 5.74) is 2.74. The second-order valence-electron chi connectivity index (χ2n) is 8.76. The topological polar surface area (TPSA) is 139 Å². The first-order valence-corrected chi connectivity index (χ1v) is 12.5. The first kappa shape index (κ1) is 23.8. The molecular weight excluding hydrogens is 460 g/mol. The number of rotatable bonds is 6. The number of benzene rings is 2. The van der Waals surface area contributed by atoms with E-state index in [0.29, 0.717) is 24.8 Å². The van der Waals surface area contributed by atoms with E-state index in [0.717, 1.165) is 22.9 Å². The van der Waals surface area contributed by atoms with Gasteiger partial charge in [0.15, 0.2) is 0 Å². The zero-order chi connectivity index (χ0) is 24.6. The summed E-state index contributed by atoms with van der Waals surface area (Å²) in [5, 5.41) is 16.9. The number of nitrogens with one attached hydrogen (secondary N) is 2. The van der Waals surface area contributed by atoms with E-state index in [-0.39, 0.29) is 47.4 Å². The fraction of sp³-hybridized carbons (Fsp3) is 0.391. The Morgan fingerprint density at radius 3 is 2.59 bits per heavy atom. The van der Waals surface area contributed by atoms with Crippen molar-refractivity contribution >= 4 is 33.2 Å². The van der Waals surface area contributed by atoms with Gasteiger partial charge in [-0.05, 0) is 49.4 Å². The van der Waals surface area contributed by atoms with Gasteiger partial charge in [-0.1, -0.05) is 18.2 Å². The Morgan fingerprint density at radius 1 is 1.21 bits per heavy atom. The zero-order valence-electron chi connectivity index (χ0n) is 18.9. The molecule has 2 aromatic rings. The molecule has 2 amide bonds. The summed E-state index contributed by atoms with van der Waals surface area (Å²) in [6, 6.07) is 9.14. The molecule has 0 bridgehead atoms. The first-order valence-electron chi connectivity index (χ1n) is 11.0. The van der Waals surface area contributed by atoms with E-state index in [1.54, 1.807) is 6.92 Å². The van der Waals surface area contributed by atoms with Crippen LogP contribution in [0.2, 0.25) is 0 Å². The molecule has 11 heteroatoms. The van der Waals surface area contributed by atoms with E-state index >= 15 is 0 Å². The molecule has 2 heterocycles. The van der Waals surface area contributed by atoms with Gasteiger partial charge in [-0.15, -0.1) is 0 Å². The van der Waals surface area contributed by atoms with Crippen LogP contribution in [0.3, 0.4) is 0 Å². The van der Waals surface area contributed by atoms with Crippen LogP contribution in [0.1, 0.15) is 42.5 Å². The number of hydrogen-bond acceptors (Lipinski definition) is 6. The number of sulfonamides is 1. The number of aryl methyl sites for hydroxylation is 1. The molecule has 0 aliphatic carbocycles. The van der Waals surface area contributed by atoms with Crippen molar-refractivity contribution in [3.05, 3.63) is 63.2 Å². The Balaban J connectivity index is 1.38. The zero-order valence-corrected chi connectivity index (χ0v) is 19.7. The number of fused-ring (bicyclic) bond motifs is 1. The third-order valence-electron chi connectivity index (χ3n) is 6.44. The minimum atomic E-state index is -3.91. The lowest BCUT2D eigenvalue weighted by atomic mass is 9.96. The average molecular weight is 487 g/mol.